The van der Waals surface area contributed by atoms with E-state index in [2.05, 4.69) is 20.4 Å². The number of rotatable bonds is 8. The fourth-order valence-electron chi connectivity index (χ4n) is 2.81. The highest BCUT2D eigenvalue weighted by Crippen LogP contribution is 2.38. The molecule has 3 aromatic rings. The molecule has 3 heterocycles. The average molecular weight is 401 g/mol. The summed E-state index contributed by atoms with van der Waals surface area (Å²) in [7, 11) is 1.94. The molecule has 0 aromatic carbocycles. The molecule has 1 fully saturated rings. The van der Waals surface area contributed by atoms with Gasteiger partial charge in [-0.15, -0.1) is 0 Å². The number of carbonyl (C=O) groups excluding carboxylic acids is 1. The molecule has 0 bridgehead atoms. The number of thioether (sulfide) groups is 1. The van der Waals surface area contributed by atoms with Crippen LogP contribution in [0.1, 0.15) is 66.7 Å². The van der Waals surface area contributed by atoms with Crippen molar-refractivity contribution in [1.82, 2.24) is 25.0 Å². The third-order valence-electron chi connectivity index (χ3n) is 4.63. The number of aromatic nitrogens is 4. The summed E-state index contributed by atoms with van der Waals surface area (Å²) in [6.45, 7) is 4.01. The molecule has 1 aliphatic carbocycles. The SMILES string of the molecule is CC(C)C(NC(=O)c1ccc(CSc2nccn2C)o1)c1nc(C2CC2)no1. The Kier molecular flexibility index (Phi) is 5.25. The maximum absolute atomic E-state index is 12.7. The lowest BCUT2D eigenvalue weighted by Crippen LogP contribution is -2.31. The molecule has 1 unspecified atom stereocenters. The number of carbonyl (C=O) groups is 1. The minimum Gasteiger partial charge on any atom is -0.455 e. The van der Waals surface area contributed by atoms with Gasteiger partial charge in [-0.1, -0.05) is 30.8 Å². The zero-order valence-corrected chi connectivity index (χ0v) is 16.9. The Bertz CT molecular complexity index is 956. The molecule has 1 atom stereocenters. The van der Waals surface area contributed by atoms with Gasteiger partial charge in [-0.2, -0.15) is 4.98 Å². The number of aryl methyl sites for hydroxylation is 1. The van der Waals surface area contributed by atoms with Gasteiger partial charge < -0.3 is 18.8 Å². The smallest absolute Gasteiger partial charge is 0.287 e. The van der Waals surface area contributed by atoms with Crippen LogP contribution in [0.25, 0.3) is 0 Å². The summed E-state index contributed by atoms with van der Waals surface area (Å²) in [5.41, 5.74) is 0. The highest BCUT2D eigenvalue weighted by molar-refractivity contribution is 7.98. The fraction of sp³-hybridized carbons (Fsp3) is 0.474. The first-order valence-corrected chi connectivity index (χ1v) is 10.3. The minimum atomic E-state index is -0.358. The summed E-state index contributed by atoms with van der Waals surface area (Å²) in [5.74, 6) is 2.98. The predicted octanol–water partition coefficient (Wildman–Crippen LogP) is 3.69. The topological polar surface area (TPSA) is 99.0 Å². The molecule has 9 heteroatoms. The van der Waals surface area contributed by atoms with Crippen molar-refractivity contribution in [3.8, 4) is 0 Å². The van der Waals surface area contributed by atoms with Crippen LogP contribution >= 0.6 is 11.8 Å². The van der Waals surface area contributed by atoms with E-state index in [1.165, 1.54) is 0 Å². The number of nitrogens with one attached hydrogen (secondary N) is 1. The zero-order valence-electron chi connectivity index (χ0n) is 16.1. The van der Waals surface area contributed by atoms with E-state index in [0.717, 1.165) is 23.8 Å². The van der Waals surface area contributed by atoms with Crippen LogP contribution in [0.2, 0.25) is 0 Å². The summed E-state index contributed by atoms with van der Waals surface area (Å²) >= 11 is 1.55. The van der Waals surface area contributed by atoms with Gasteiger partial charge in [0.05, 0.1) is 5.75 Å². The Balaban J connectivity index is 1.40. The molecule has 3 aromatic heterocycles. The van der Waals surface area contributed by atoms with Crippen molar-refractivity contribution in [3.63, 3.8) is 0 Å². The third-order valence-corrected chi connectivity index (χ3v) is 5.71. The first-order chi connectivity index (χ1) is 13.5. The minimum absolute atomic E-state index is 0.102. The molecular formula is C19H23N5O3S. The van der Waals surface area contributed by atoms with Crippen molar-refractivity contribution < 1.29 is 13.7 Å². The van der Waals surface area contributed by atoms with Crippen LogP contribution in [-0.2, 0) is 12.8 Å². The van der Waals surface area contributed by atoms with E-state index in [1.54, 1.807) is 24.0 Å². The summed E-state index contributed by atoms with van der Waals surface area (Å²) in [4.78, 5) is 21.4. The maximum atomic E-state index is 12.7. The van der Waals surface area contributed by atoms with E-state index in [0.29, 0.717) is 23.3 Å². The van der Waals surface area contributed by atoms with Gasteiger partial charge in [0.25, 0.3) is 5.91 Å². The molecule has 1 N–H and O–H groups in total. The van der Waals surface area contributed by atoms with Gasteiger partial charge in [-0.05, 0) is 30.9 Å². The number of nitrogens with zero attached hydrogens (tertiary/aromatic N) is 4. The lowest BCUT2D eigenvalue weighted by molar-refractivity contribution is 0.0884. The lowest BCUT2D eigenvalue weighted by Gasteiger charge is -2.17. The second-order valence-electron chi connectivity index (χ2n) is 7.34. The van der Waals surface area contributed by atoms with E-state index in [-0.39, 0.29) is 23.6 Å². The van der Waals surface area contributed by atoms with Crippen LogP contribution in [0.3, 0.4) is 0 Å². The molecule has 0 saturated heterocycles. The highest BCUT2D eigenvalue weighted by Gasteiger charge is 2.32. The Morgan fingerprint density at radius 3 is 2.89 bits per heavy atom. The van der Waals surface area contributed by atoms with Crippen LogP contribution in [0, 0.1) is 5.92 Å². The van der Waals surface area contributed by atoms with Gasteiger partial charge in [-0.25, -0.2) is 4.98 Å². The number of amides is 1. The Hall–Kier alpha value is -2.55. The molecule has 8 nitrogen and oxygen atoms in total. The standard InChI is InChI=1S/C19H23N5O3S/c1-11(2)15(18-22-16(23-27-18)12-4-5-12)21-17(25)14-7-6-13(26-14)10-28-19-20-8-9-24(19)3/h6-9,11-12,15H,4-5,10H2,1-3H3,(H,21,25). The van der Waals surface area contributed by atoms with E-state index in [4.69, 9.17) is 8.94 Å². The summed E-state index contributed by atoms with van der Waals surface area (Å²) in [6, 6.07) is 3.14. The zero-order chi connectivity index (χ0) is 19.7. The van der Waals surface area contributed by atoms with Gasteiger partial charge in [-0.3, -0.25) is 4.79 Å². The fourth-order valence-corrected chi connectivity index (χ4v) is 3.64. The van der Waals surface area contributed by atoms with Gasteiger partial charge in [0.15, 0.2) is 16.7 Å². The molecule has 1 aliphatic rings. The van der Waals surface area contributed by atoms with Crippen molar-refractivity contribution in [1.29, 1.82) is 0 Å². The van der Waals surface area contributed by atoms with Crippen molar-refractivity contribution in [3.05, 3.63) is 47.8 Å². The summed E-state index contributed by atoms with van der Waals surface area (Å²) < 4.78 is 13.1. The molecule has 0 aliphatic heterocycles. The number of furan rings is 1. The number of imidazole rings is 1. The maximum Gasteiger partial charge on any atom is 0.287 e. The molecule has 28 heavy (non-hydrogen) atoms. The molecule has 0 radical (unpaired) electrons. The van der Waals surface area contributed by atoms with Crippen LogP contribution in [0.5, 0.6) is 0 Å². The van der Waals surface area contributed by atoms with Gasteiger partial charge in [0.2, 0.25) is 5.89 Å². The van der Waals surface area contributed by atoms with Crippen molar-refractivity contribution in [2.24, 2.45) is 13.0 Å². The molecule has 1 amide bonds. The normalized spacial score (nSPS) is 15.1. The molecule has 4 rings (SSSR count). The lowest BCUT2D eigenvalue weighted by atomic mass is 10.0. The van der Waals surface area contributed by atoms with Crippen LogP contribution < -0.4 is 5.32 Å². The Morgan fingerprint density at radius 1 is 1.39 bits per heavy atom. The molecule has 0 spiro atoms. The Morgan fingerprint density at radius 2 is 2.21 bits per heavy atom. The number of hydrogen-bond donors (Lipinski definition) is 1. The molecule has 1 saturated carbocycles. The van der Waals surface area contributed by atoms with Crippen molar-refractivity contribution in [2.75, 3.05) is 0 Å². The predicted molar refractivity (Wildman–Crippen MR) is 103 cm³/mol. The quantitative estimate of drug-likeness (QED) is 0.575. The van der Waals surface area contributed by atoms with E-state index >= 15 is 0 Å². The monoisotopic (exact) mass is 401 g/mol. The van der Waals surface area contributed by atoms with Crippen molar-refractivity contribution in [2.45, 2.75) is 49.6 Å². The molecular weight excluding hydrogens is 378 g/mol. The first-order valence-electron chi connectivity index (χ1n) is 9.34. The van der Waals surface area contributed by atoms with E-state index in [9.17, 15) is 4.79 Å². The highest BCUT2D eigenvalue weighted by atomic mass is 32.2. The van der Waals surface area contributed by atoms with Crippen LogP contribution in [0.15, 0.2) is 38.6 Å². The first kappa shape index (κ1) is 18.8. The largest absolute Gasteiger partial charge is 0.455 e. The second-order valence-corrected chi connectivity index (χ2v) is 8.28. The van der Waals surface area contributed by atoms with Gasteiger partial charge in [0, 0.05) is 25.4 Å². The van der Waals surface area contributed by atoms with E-state index in [1.807, 2.05) is 37.7 Å². The summed E-state index contributed by atoms with van der Waals surface area (Å²) in [5, 5.41) is 7.91. The summed E-state index contributed by atoms with van der Waals surface area (Å²) in [6.07, 6.45) is 5.84. The van der Waals surface area contributed by atoms with E-state index < -0.39 is 0 Å². The third kappa shape index (κ3) is 4.14. The van der Waals surface area contributed by atoms with Crippen LogP contribution in [-0.4, -0.2) is 25.6 Å². The van der Waals surface area contributed by atoms with Crippen LogP contribution in [0.4, 0.5) is 0 Å². The van der Waals surface area contributed by atoms with Gasteiger partial charge >= 0.3 is 0 Å². The van der Waals surface area contributed by atoms with Crippen molar-refractivity contribution >= 4 is 17.7 Å². The number of hydrogen-bond acceptors (Lipinski definition) is 7. The average Bonchev–Trinajstić information content (AvgIpc) is 3.07. The molecule has 148 valence electrons. The van der Waals surface area contributed by atoms with Gasteiger partial charge in [0.1, 0.15) is 11.8 Å². The second kappa shape index (κ2) is 7.83. The Labute approximate surface area is 167 Å².